The first-order chi connectivity index (χ1) is 8.74. The van der Waals surface area contributed by atoms with E-state index in [9.17, 15) is 4.39 Å². The molecule has 0 unspecified atom stereocenters. The zero-order valence-corrected chi connectivity index (χ0v) is 10.6. The first-order valence-corrected chi connectivity index (χ1v) is 5.99. The molecule has 3 heteroatoms. The third kappa shape index (κ3) is 2.73. The molecule has 0 aromatic heterocycles. The second-order valence-corrected chi connectivity index (χ2v) is 4.00. The lowest BCUT2D eigenvalue weighted by Crippen LogP contribution is -2.01. The highest BCUT2D eigenvalue weighted by atomic mass is 19.1. The van der Waals surface area contributed by atoms with Crippen LogP contribution in [0.15, 0.2) is 41.9 Å². The lowest BCUT2D eigenvalue weighted by Gasteiger charge is -2.14. The summed E-state index contributed by atoms with van der Waals surface area (Å²) < 4.78 is 24.3. The van der Waals surface area contributed by atoms with Gasteiger partial charge in [-0.15, -0.1) is 0 Å². The van der Waals surface area contributed by atoms with Crippen molar-refractivity contribution in [2.75, 3.05) is 7.11 Å². The third-order valence-electron chi connectivity index (χ3n) is 2.80. The molecule has 18 heavy (non-hydrogen) atoms. The molecule has 0 spiro atoms. The van der Waals surface area contributed by atoms with Gasteiger partial charge < -0.3 is 9.47 Å². The maximum absolute atomic E-state index is 13.5. The number of benzene rings is 1. The van der Waals surface area contributed by atoms with E-state index in [2.05, 4.69) is 6.92 Å². The van der Waals surface area contributed by atoms with E-state index < -0.39 is 0 Å². The lowest BCUT2D eigenvalue weighted by atomic mass is 10.1. The molecule has 1 aromatic rings. The molecular weight excluding hydrogens is 231 g/mol. The first kappa shape index (κ1) is 12.7. The molecule has 2 nitrogen and oxygen atoms in total. The largest absolute Gasteiger partial charge is 0.493 e. The van der Waals surface area contributed by atoms with Crippen molar-refractivity contribution in [1.82, 2.24) is 0 Å². The molecule has 0 aliphatic heterocycles. The Kier molecular flexibility index (Phi) is 4.03. The third-order valence-corrected chi connectivity index (χ3v) is 2.80. The van der Waals surface area contributed by atoms with Crippen molar-refractivity contribution in [3.63, 3.8) is 0 Å². The van der Waals surface area contributed by atoms with Crippen molar-refractivity contribution in [1.29, 1.82) is 0 Å². The van der Waals surface area contributed by atoms with Gasteiger partial charge >= 0.3 is 0 Å². The van der Waals surface area contributed by atoms with E-state index >= 15 is 0 Å². The van der Waals surface area contributed by atoms with E-state index in [1.54, 1.807) is 19.6 Å². The molecule has 0 heterocycles. The number of ether oxygens (including phenoxy) is 2. The molecule has 1 aliphatic rings. The van der Waals surface area contributed by atoms with Gasteiger partial charge in [0.25, 0.3) is 0 Å². The lowest BCUT2D eigenvalue weighted by molar-refractivity contribution is 0.351. The van der Waals surface area contributed by atoms with Gasteiger partial charge in [-0.3, -0.25) is 0 Å². The minimum atomic E-state index is -0.358. The van der Waals surface area contributed by atoms with Crippen molar-refractivity contribution >= 4 is 0 Å². The molecule has 0 N–H and O–H groups in total. The molecule has 1 aliphatic carbocycles. The number of allylic oxidation sites excluding steroid dienone is 3. The Morgan fingerprint density at radius 2 is 2.11 bits per heavy atom. The van der Waals surface area contributed by atoms with Crippen LogP contribution in [0.3, 0.4) is 0 Å². The molecule has 2 rings (SSSR count). The summed E-state index contributed by atoms with van der Waals surface area (Å²) in [4.78, 5) is 0. The van der Waals surface area contributed by atoms with Gasteiger partial charge in [0.15, 0.2) is 23.1 Å². The van der Waals surface area contributed by atoms with E-state index in [1.807, 2.05) is 18.2 Å². The average molecular weight is 247 g/mol. The Balaban J connectivity index is 2.23. The Morgan fingerprint density at radius 3 is 2.78 bits per heavy atom. The predicted molar refractivity (Wildman–Crippen MR) is 69.2 cm³/mol. The maximum atomic E-state index is 13.5. The quantitative estimate of drug-likeness (QED) is 0.801. The SMILES string of the molecule is CCc1ccc(OC2=CC[CH]C=C2F)c(OC)c1. The van der Waals surface area contributed by atoms with Crippen LogP contribution in [-0.2, 0) is 6.42 Å². The summed E-state index contributed by atoms with van der Waals surface area (Å²) in [6, 6.07) is 5.67. The van der Waals surface area contributed by atoms with Crippen molar-refractivity contribution in [2.24, 2.45) is 0 Å². The molecule has 1 aromatic carbocycles. The number of aryl methyl sites for hydroxylation is 1. The molecular formula is C15H16FO2. The zero-order chi connectivity index (χ0) is 13.0. The van der Waals surface area contributed by atoms with Crippen LogP contribution in [-0.4, -0.2) is 7.11 Å². The Hall–Kier alpha value is -1.77. The van der Waals surface area contributed by atoms with Crippen LogP contribution in [0.25, 0.3) is 0 Å². The van der Waals surface area contributed by atoms with Crippen LogP contribution < -0.4 is 9.47 Å². The van der Waals surface area contributed by atoms with Crippen molar-refractivity contribution in [3.8, 4) is 11.5 Å². The fourth-order valence-corrected chi connectivity index (χ4v) is 1.75. The van der Waals surface area contributed by atoms with Crippen LogP contribution in [0, 0.1) is 6.42 Å². The summed E-state index contributed by atoms with van der Waals surface area (Å²) in [5.41, 5.74) is 1.15. The van der Waals surface area contributed by atoms with Crippen LogP contribution >= 0.6 is 0 Å². The Bertz CT molecular complexity index is 489. The smallest absolute Gasteiger partial charge is 0.169 e. The number of methoxy groups -OCH3 is 1. The van der Waals surface area contributed by atoms with Crippen molar-refractivity contribution in [2.45, 2.75) is 19.8 Å². The van der Waals surface area contributed by atoms with Crippen LogP contribution in [0.1, 0.15) is 18.9 Å². The monoisotopic (exact) mass is 247 g/mol. The standard InChI is InChI=1S/C15H16FO2/c1-3-11-8-9-14(15(10-11)17-2)18-13-7-5-4-6-12(13)16/h4,6-10H,3,5H2,1-2H3. The fraction of sp³-hybridized carbons (Fsp3) is 0.267. The summed E-state index contributed by atoms with van der Waals surface area (Å²) in [5.74, 6) is 1.05. The minimum absolute atomic E-state index is 0.250. The van der Waals surface area contributed by atoms with E-state index in [0.717, 1.165) is 12.0 Å². The summed E-state index contributed by atoms with van der Waals surface area (Å²) in [6.45, 7) is 2.07. The van der Waals surface area contributed by atoms with Gasteiger partial charge in [-0.1, -0.05) is 13.0 Å². The highest BCUT2D eigenvalue weighted by Gasteiger charge is 2.13. The molecule has 1 radical (unpaired) electrons. The van der Waals surface area contributed by atoms with Gasteiger partial charge in [0.05, 0.1) is 7.11 Å². The van der Waals surface area contributed by atoms with Crippen LogP contribution in [0.4, 0.5) is 4.39 Å². The van der Waals surface area contributed by atoms with Gasteiger partial charge in [0.1, 0.15) is 0 Å². The highest BCUT2D eigenvalue weighted by molar-refractivity contribution is 5.45. The maximum Gasteiger partial charge on any atom is 0.169 e. The summed E-state index contributed by atoms with van der Waals surface area (Å²) in [5, 5.41) is 0. The van der Waals surface area contributed by atoms with Gasteiger partial charge in [-0.05, 0) is 49.1 Å². The number of hydrogen-bond donors (Lipinski definition) is 0. The second kappa shape index (κ2) is 5.71. The highest BCUT2D eigenvalue weighted by Crippen LogP contribution is 2.32. The Labute approximate surface area is 107 Å². The number of hydrogen-bond acceptors (Lipinski definition) is 2. The second-order valence-electron chi connectivity index (χ2n) is 4.00. The topological polar surface area (TPSA) is 18.5 Å². The van der Waals surface area contributed by atoms with Crippen LogP contribution in [0.5, 0.6) is 11.5 Å². The fourth-order valence-electron chi connectivity index (χ4n) is 1.75. The molecule has 95 valence electrons. The van der Waals surface area contributed by atoms with E-state index in [1.165, 1.54) is 6.08 Å². The molecule has 0 fully saturated rings. The van der Waals surface area contributed by atoms with E-state index in [0.29, 0.717) is 17.9 Å². The number of rotatable bonds is 4. The van der Waals surface area contributed by atoms with Gasteiger partial charge in [-0.2, -0.15) is 0 Å². The van der Waals surface area contributed by atoms with Gasteiger partial charge in [0.2, 0.25) is 0 Å². The first-order valence-electron chi connectivity index (χ1n) is 5.99. The normalized spacial score (nSPS) is 14.8. The predicted octanol–water partition coefficient (Wildman–Crippen LogP) is 3.98. The van der Waals surface area contributed by atoms with Crippen molar-refractivity contribution < 1.29 is 13.9 Å². The molecule has 0 bridgehead atoms. The molecule has 0 saturated heterocycles. The summed E-state index contributed by atoms with van der Waals surface area (Å²) in [6.07, 6.45) is 6.48. The average Bonchev–Trinajstić information content (AvgIpc) is 2.41. The number of halogens is 1. The minimum Gasteiger partial charge on any atom is -0.493 e. The van der Waals surface area contributed by atoms with Crippen molar-refractivity contribution in [3.05, 3.63) is 53.9 Å². The summed E-state index contributed by atoms with van der Waals surface area (Å²) in [7, 11) is 1.58. The van der Waals surface area contributed by atoms with Crippen LogP contribution in [0.2, 0.25) is 0 Å². The molecule has 0 atom stereocenters. The zero-order valence-electron chi connectivity index (χ0n) is 10.6. The van der Waals surface area contributed by atoms with E-state index in [4.69, 9.17) is 9.47 Å². The van der Waals surface area contributed by atoms with Gasteiger partial charge in [-0.25, -0.2) is 4.39 Å². The van der Waals surface area contributed by atoms with Gasteiger partial charge in [0, 0.05) is 0 Å². The Morgan fingerprint density at radius 1 is 1.28 bits per heavy atom. The molecule has 0 saturated carbocycles. The summed E-state index contributed by atoms with van der Waals surface area (Å²) >= 11 is 0. The molecule has 0 amide bonds. The van der Waals surface area contributed by atoms with E-state index in [-0.39, 0.29) is 11.6 Å².